The highest BCUT2D eigenvalue weighted by atomic mass is 16.5. The van der Waals surface area contributed by atoms with E-state index in [1.807, 2.05) is 26.0 Å². The van der Waals surface area contributed by atoms with Gasteiger partial charge in [-0.1, -0.05) is 45.1 Å². The van der Waals surface area contributed by atoms with Crippen molar-refractivity contribution in [2.75, 3.05) is 27.8 Å². The molecule has 4 atom stereocenters. The Morgan fingerprint density at radius 1 is 1.09 bits per heavy atom. The minimum absolute atomic E-state index is 0.0714. The molecule has 0 bridgehead atoms. The molecule has 1 aromatic carbocycles. The van der Waals surface area contributed by atoms with Crippen LogP contribution in [0, 0.1) is 5.92 Å². The molecule has 1 rings (SSSR count). The average Bonchev–Trinajstić information content (AvgIpc) is 2.80. The van der Waals surface area contributed by atoms with Crippen molar-refractivity contribution in [1.29, 1.82) is 0 Å². The molecule has 32 heavy (non-hydrogen) atoms. The van der Waals surface area contributed by atoms with Crippen molar-refractivity contribution < 1.29 is 23.9 Å². The van der Waals surface area contributed by atoms with E-state index < -0.39 is 24.1 Å². The molecule has 0 saturated heterocycles. The maximum Gasteiger partial charge on any atom is 0.329 e. The Morgan fingerprint density at radius 3 is 2.19 bits per heavy atom. The standard InChI is InChI=1S/C24H37N3O5/c1-8-14-32-24(30)21(16(3)9-2)27(6)22(28)17(4)26(5)23(29)20(25)15-18-10-12-19(31-7)13-11-18/h8,10-13,16-17,20-21H,1,9,14-15,25H2,2-7H3/t16?,17-,20-,21-/m0/s1. The van der Waals surface area contributed by atoms with Crippen molar-refractivity contribution in [2.24, 2.45) is 11.7 Å². The van der Waals surface area contributed by atoms with Gasteiger partial charge in [-0.3, -0.25) is 9.59 Å². The predicted molar refractivity (Wildman–Crippen MR) is 124 cm³/mol. The zero-order valence-corrected chi connectivity index (χ0v) is 20.0. The summed E-state index contributed by atoms with van der Waals surface area (Å²) >= 11 is 0. The Morgan fingerprint density at radius 2 is 1.69 bits per heavy atom. The normalized spacial score (nSPS) is 14.5. The van der Waals surface area contributed by atoms with Crippen LogP contribution in [0.5, 0.6) is 5.75 Å². The van der Waals surface area contributed by atoms with Gasteiger partial charge in [0.2, 0.25) is 11.8 Å². The monoisotopic (exact) mass is 447 g/mol. The van der Waals surface area contributed by atoms with Crippen LogP contribution in [0.15, 0.2) is 36.9 Å². The molecule has 8 nitrogen and oxygen atoms in total. The quantitative estimate of drug-likeness (QED) is 0.388. The summed E-state index contributed by atoms with van der Waals surface area (Å²) in [7, 11) is 4.68. The molecule has 1 unspecified atom stereocenters. The van der Waals surface area contributed by atoms with Gasteiger partial charge in [0, 0.05) is 14.1 Å². The van der Waals surface area contributed by atoms with Gasteiger partial charge in [-0.15, -0.1) is 0 Å². The Kier molecular flexibility index (Phi) is 10.9. The molecule has 178 valence electrons. The lowest BCUT2D eigenvalue weighted by molar-refractivity contribution is -0.157. The van der Waals surface area contributed by atoms with Crippen LogP contribution in [0.4, 0.5) is 0 Å². The summed E-state index contributed by atoms with van der Waals surface area (Å²) in [6.45, 7) is 9.06. The van der Waals surface area contributed by atoms with Gasteiger partial charge in [0.05, 0.1) is 13.2 Å². The van der Waals surface area contributed by atoms with Gasteiger partial charge in [-0.25, -0.2) is 4.79 Å². The second-order valence-electron chi connectivity index (χ2n) is 7.98. The zero-order chi connectivity index (χ0) is 24.4. The van der Waals surface area contributed by atoms with Gasteiger partial charge in [0.15, 0.2) is 0 Å². The summed E-state index contributed by atoms with van der Waals surface area (Å²) in [4.78, 5) is 41.3. The Hall–Kier alpha value is -2.87. The third-order valence-electron chi connectivity index (χ3n) is 5.75. The topological polar surface area (TPSA) is 102 Å². The molecule has 2 amide bonds. The summed E-state index contributed by atoms with van der Waals surface area (Å²) in [5.41, 5.74) is 7.02. The number of carbonyl (C=O) groups excluding carboxylic acids is 3. The lowest BCUT2D eigenvalue weighted by Crippen LogP contribution is -2.56. The highest BCUT2D eigenvalue weighted by Gasteiger charge is 2.36. The highest BCUT2D eigenvalue weighted by Crippen LogP contribution is 2.18. The number of amides is 2. The molecule has 0 aliphatic heterocycles. The SMILES string of the molecule is C=CCOC(=O)[C@H](C(C)CC)N(C)C(=O)[C@H](C)N(C)C(=O)[C@@H](N)Cc1ccc(OC)cc1. The first-order valence-electron chi connectivity index (χ1n) is 10.8. The summed E-state index contributed by atoms with van der Waals surface area (Å²) in [5.74, 6) is -0.613. The molecule has 8 heteroatoms. The number of nitrogens with zero attached hydrogens (tertiary/aromatic N) is 2. The van der Waals surface area contributed by atoms with E-state index >= 15 is 0 Å². The number of carbonyl (C=O) groups is 3. The number of benzene rings is 1. The number of likely N-dealkylation sites (N-methyl/N-ethyl adjacent to an activating group) is 2. The highest BCUT2D eigenvalue weighted by molar-refractivity contribution is 5.91. The Labute approximate surface area is 191 Å². The van der Waals surface area contributed by atoms with E-state index in [4.69, 9.17) is 15.2 Å². The first-order chi connectivity index (χ1) is 15.1. The maximum absolute atomic E-state index is 13.1. The van der Waals surface area contributed by atoms with Crippen molar-refractivity contribution in [2.45, 2.75) is 51.7 Å². The number of esters is 1. The van der Waals surface area contributed by atoms with Crippen LogP contribution < -0.4 is 10.5 Å². The lowest BCUT2D eigenvalue weighted by Gasteiger charge is -2.35. The number of hydrogen-bond donors (Lipinski definition) is 1. The van der Waals surface area contributed by atoms with E-state index in [0.717, 1.165) is 11.3 Å². The largest absolute Gasteiger partial charge is 0.497 e. The third-order valence-corrected chi connectivity index (χ3v) is 5.75. The van der Waals surface area contributed by atoms with E-state index in [-0.39, 0.29) is 24.3 Å². The lowest BCUT2D eigenvalue weighted by atomic mass is 9.97. The Balaban J connectivity index is 2.88. The number of nitrogens with two attached hydrogens (primary N) is 1. The molecule has 0 radical (unpaired) electrons. The summed E-state index contributed by atoms with van der Waals surface area (Å²) < 4.78 is 10.3. The minimum Gasteiger partial charge on any atom is -0.497 e. The molecule has 0 aliphatic rings. The van der Waals surface area contributed by atoms with Gasteiger partial charge in [0.25, 0.3) is 0 Å². The van der Waals surface area contributed by atoms with Crippen molar-refractivity contribution in [1.82, 2.24) is 9.80 Å². The summed E-state index contributed by atoms with van der Waals surface area (Å²) in [6.07, 6.45) is 2.49. The predicted octanol–water partition coefficient (Wildman–Crippen LogP) is 2.01. The van der Waals surface area contributed by atoms with E-state index in [1.165, 1.54) is 15.9 Å². The van der Waals surface area contributed by atoms with Crippen LogP contribution in [-0.2, 0) is 25.5 Å². The number of ether oxygens (including phenoxy) is 2. The minimum atomic E-state index is -0.808. The van der Waals surface area contributed by atoms with Crippen LogP contribution in [0.1, 0.15) is 32.8 Å². The van der Waals surface area contributed by atoms with E-state index in [1.54, 1.807) is 40.3 Å². The molecule has 0 heterocycles. The molecule has 0 saturated carbocycles. The van der Waals surface area contributed by atoms with Crippen molar-refractivity contribution >= 4 is 17.8 Å². The summed E-state index contributed by atoms with van der Waals surface area (Å²) in [6, 6.07) is 4.94. The van der Waals surface area contributed by atoms with Crippen LogP contribution in [0.3, 0.4) is 0 Å². The van der Waals surface area contributed by atoms with Crippen molar-refractivity contribution in [3.05, 3.63) is 42.5 Å². The molecule has 0 spiro atoms. The van der Waals surface area contributed by atoms with Crippen LogP contribution in [-0.4, -0.2) is 73.5 Å². The van der Waals surface area contributed by atoms with Gasteiger partial charge in [0.1, 0.15) is 24.4 Å². The van der Waals surface area contributed by atoms with Gasteiger partial charge in [-0.2, -0.15) is 0 Å². The molecule has 0 aliphatic carbocycles. The smallest absolute Gasteiger partial charge is 0.329 e. The maximum atomic E-state index is 13.1. The van der Waals surface area contributed by atoms with E-state index in [2.05, 4.69) is 6.58 Å². The van der Waals surface area contributed by atoms with Gasteiger partial charge in [-0.05, 0) is 37.0 Å². The number of methoxy groups -OCH3 is 1. The number of rotatable bonds is 12. The average molecular weight is 448 g/mol. The second-order valence-corrected chi connectivity index (χ2v) is 7.98. The fraction of sp³-hybridized carbons (Fsp3) is 0.542. The van der Waals surface area contributed by atoms with Crippen molar-refractivity contribution in [3.8, 4) is 5.75 Å². The van der Waals surface area contributed by atoms with Gasteiger partial charge >= 0.3 is 5.97 Å². The molecular formula is C24H37N3O5. The van der Waals surface area contributed by atoms with Crippen LogP contribution in [0.25, 0.3) is 0 Å². The first kappa shape index (κ1) is 27.2. The Bertz CT molecular complexity index is 780. The summed E-state index contributed by atoms with van der Waals surface area (Å²) in [5, 5.41) is 0. The molecular weight excluding hydrogens is 410 g/mol. The van der Waals surface area contributed by atoms with Crippen LogP contribution in [0.2, 0.25) is 0 Å². The zero-order valence-electron chi connectivity index (χ0n) is 20.0. The first-order valence-corrected chi connectivity index (χ1v) is 10.8. The molecule has 0 fully saturated rings. The van der Waals surface area contributed by atoms with Crippen LogP contribution >= 0.6 is 0 Å². The second kappa shape index (κ2) is 12.9. The molecule has 1 aromatic rings. The third kappa shape index (κ3) is 7.09. The fourth-order valence-corrected chi connectivity index (χ4v) is 3.37. The van der Waals surface area contributed by atoms with Crippen molar-refractivity contribution in [3.63, 3.8) is 0 Å². The van der Waals surface area contributed by atoms with Gasteiger partial charge < -0.3 is 25.0 Å². The molecule has 0 aromatic heterocycles. The van der Waals surface area contributed by atoms with E-state index in [0.29, 0.717) is 12.8 Å². The fourth-order valence-electron chi connectivity index (χ4n) is 3.37. The molecule has 2 N–H and O–H groups in total. The number of hydrogen-bond acceptors (Lipinski definition) is 6. The van der Waals surface area contributed by atoms with E-state index in [9.17, 15) is 14.4 Å².